The lowest BCUT2D eigenvalue weighted by atomic mass is 9.93. The predicted molar refractivity (Wildman–Crippen MR) is 69.4 cm³/mol. The van der Waals surface area contributed by atoms with E-state index in [-0.39, 0.29) is 0 Å². The molecule has 1 aromatic heterocycles. The highest BCUT2D eigenvalue weighted by Crippen LogP contribution is 2.42. The van der Waals surface area contributed by atoms with Crippen molar-refractivity contribution in [2.24, 2.45) is 11.7 Å². The molecule has 2 rings (SSSR count). The van der Waals surface area contributed by atoms with E-state index in [0.717, 1.165) is 11.0 Å². The van der Waals surface area contributed by atoms with Gasteiger partial charge in [0.25, 0.3) is 0 Å². The van der Waals surface area contributed by atoms with E-state index >= 15 is 0 Å². The Morgan fingerprint density at radius 2 is 2.31 bits per heavy atom. The summed E-state index contributed by atoms with van der Waals surface area (Å²) < 4.78 is 3.29. The minimum Gasteiger partial charge on any atom is -0.330 e. The fraction of sp³-hybridized carbons (Fsp3) is 0.750. The molecule has 3 nitrogen and oxygen atoms in total. The number of rotatable bonds is 3. The van der Waals surface area contributed by atoms with Crippen LogP contribution in [0.15, 0.2) is 10.7 Å². The fourth-order valence-electron chi connectivity index (χ4n) is 2.79. The van der Waals surface area contributed by atoms with Crippen LogP contribution in [0.2, 0.25) is 0 Å². The summed E-state index contributed by atoms with van der Waals surface area (Å²) in [6, 6.07) is 0.417. The van der Waals surface area contributed by atoms with Gasteiger partial charge in [-0.1, -0.05) is 6.42 Å². The summed E-state index contributed by atoms with van der Waals surface area (Å²) in [5.41, 5.74) is 7.21. The average Bonchev–Trinajstić information content (AvgIpc) is 2.82. The normalized spacial score (nSPS) is 25.6. The maximum atomic E-state index is 5.86. The summed E-state index contributed by atoms with van der Waals surface area (Å²) in [6.07, 6.45) is 5.72. The van der Waals surface area contributed by atoms with Gasteiger partial charge < -0.3 is 5.73 Å². The zero-order chi connectivity index (χ0) is 11.7. The summed E-state index contributed by atoms with van der Waals surface area (Å²) in [7, 11) is 0. The first-order chi connectivity index (χ1) is 7.65. The second kappa shape index (κ2) is 4.88. The minimum atomic E-state index is 0.417. The second-order valence-electron chi connectivity index (χ2n) is 4.95. The van der Waals surface area contributed by atoms with Crippen molar-refractivity contribution >= 4 is 15.9 Å². The highest BCUT2D eigenvalue weighted by Gasteiger charge is 2.32. The van der Waals surface area contributed by atoms with Crippen molar-refractivity contribution in [1.29, 1.82) is 0 Å². The number of aromatic nitrogens is 2. The summed E-state index contributed by atoms with van der Waals surface area (Å²) in [4.78, 5) is 0. The molecule has 0 spiro atoms. The molecule has 1 aromatic rings. The second-order valence-corrected chi connectivity index (χ2v) is 5.80. The Bertz CT molecular complexity index is 359. The summed E-state index contributed by atoms with van der Waals surface area (Å²) in [6.45, 7) is 5.14. The van der Waals surface area contributed by atoms with Crippen LogP contribution in [0, 0.1) is 5.92 Å². The zero-order valence-electron chi connectivity index (χ0n) is 9.99. The standard InChI is InChI=1S/C12H20BrN3/c1-8(2)16-12(11(13)7-15-16)10-5-3-4-9(10)6-14/h7-10H,3-6,14H2,1-2H3. The van der Waals surface area contributed by atoms with Crippen LogP contribution in [0.1, 0.15) is 50.8 Å². The topological polar surface area (TPSA) is 43.8 Å². The van der Waals surface area contributed by atoms with E-state index in [2.05, 4.69) is 39.6 Å². The number of hydrogen-bond acceptors (Lipinski definition) is 2. The first kappa shape index (κ1) is 12.1. The third kappa shape index (κ3) is 2.05. The van der Waals surface area contributed by atoms with Crippen molar-refractivity contribution in [3.63, 3.8) is 0 Å². The van der Waals surface area contributed by atoms with Gasteiger partial charge in [-0.2, -0.15) is 5.10 Å². The van der Waals surface area contributed by atoms with Crippen LogP contribution in [0.25, 0.3) is 0 Å². The molecule has 90 valence electrons. The van der Waals surface area contributed by atoms with Crippen molar-refractivity contribution in [3.05, 3.63) is 16.4 Å². The van der Waals surface area contributed by atoms with Crippen LogP contribution in [0.5, 0.6) is 0 Å². The summed E-state index contributed by atoms with van der Waals surface area (Å²) in [5, 5.41) is 4.46. The van der Waals surface area contributed by atoms with E-state index in [1.54, 1.807) is 0 Å². The number of nitrogens with zero attached hydrogens (tertiary/aromatic N) is 2. The monoisotopic (exact) mass is 285 g/mol. The number of nitrogens with two attached hydrogens (primary N) is 1. The third-order valence-electron chi connectivity index (χ3n) is 3.59. The molecule has 1 aliphatic rings. The summed E-state index contributed by atoms with van der Waals surface area (Å²) >= 11 is 3.63. The molecule has 1 heterocycles. The SMILES string of the molecule is CC(C)n1ncc(Br)c1C1CCCC1CN. The smallest absolute Gasteiger partial charge is 0.0635 e. The van der Waals surface area contributed by atoms with Gasteiger partial charge >= 0.3 is 0 Å². The van der Waals surface area contributed by atoms with Crippen LogP contribution in [0.3, 0.4) is 0 Å². The van der Waals surface area contributed by atoms with E-state index in [4.69, 9.17) is 5.73 Å². The van der Waals surface area contributed by atoms with Gasteiger partial charge in [-0.25, -0.2) is 0 Å². The molecule has 16 heavy (non-hydrogen) atoms. The van der Waals surface area contributed by atoms with Crippen LogP contribution >= 0.6 is 15.9 Å². The Balaban J connectivity index is 2.34. The Kier molecular flexibility index (Phi) is 3.70. The van der Waals surface area contributed by atoms with Gasteiger partial charge in [0.05, 0.1) is 16.4 Å². The van der Waals surface area contributed by atoms with Crippen LogP contribution < -0.4 is 5.73 Å². The van der Waals surface area contributed by atoms with Crippen molar-refractivity contribution in [3.8, 4) is 0 Å². The van der Waals surface area contributed by atoms with Gasteiger partial charge in [-0.15, -0.1) is 0 Å². The highest BCUT2D eigenvalue weighted by molar-refractivity contribution is 9.10. The first-order valence-electron chi connectivity index (χ1n) is 6.08. The Labute approximate surface area is 106 Å². The van der Waals surface area contributed by atoms with Gasteiger partial charge in [0.2, 0.25) is 0 Å². The first-order valence-corrected chi connectivity index (χ1v) is 6.87. The molecular formula is C12H20BrN3. The van der Waals surface area contributed by atoms with Crippen molar-refractivity contribution in [2.45, 2.75) is 45.1 Å². The highest BCUT2D eigenvalue weighted by atomic mass is 79.9. The number of halogens is 1. The van der Waals surface area contributed by atoms with Gasteiger partial charge in [0.15, 0.2) is 0 Å². The Hall–Kier alpha value is -0.350. The molecule has 2 unspecified atom stereocenters. The lowest BCUT2D eigenvalue weighted by Crippen LogP contribution is -2.20. The molecule has 1 saturated carbocycles. The van der Waals surface area contributed by atoms with Crippen LogP contribution in [-0.4, -0.2) is 16.3 Å². The van der Waals surface area contributed by atoms with E-state index in [1.807, 2.05) is 6.20 Å². The maximum Gasteiger partial charge on any atom is 0.0635 e. The molecule has 1 aliphatic carbocycles. The third-order valence-corrected chi connectivity index (χ3v) is 4.20. The molecule has 1 fully saturated rings. The van der Waals surface area contributed by atoms with Gasteiger partial charge in [0.1, 0.15) is 0 Å². The summed E-state index contributed by atoms with van der Waals surface area (Å²) in [5.74, 6) is 1.22. The van der Waals surface area contributed by atoms with Gasteiger partial charge in [0, 0.05) is 12.0 Å². The van der Waals surface area contributed by atoms with E-state index in [1.165, 1.54) is 25.0 Å². The van der Waals surface area contributed by atoms with E-state index < -0.39 is 0 Å². The molecule has 0 aromatic carbocycles. The predicted octanol–water partition coefficient (Wildman–Crippen LogP) is 3.07. The molecule has 0 radical (unpaired) electrons. The lowest BCUT2D eigenvalue weighted by Gasteiger charge is -2.21. The zero-order valence-corrected chi connectivity index (χ0v) is 11.6. The minimum absolute atomic E-state index is 0.417. The lowest BCUT2D eigenvalue weighted by molar-refractivity contribution is 0.430. The molecule has 4 heteroatoms. The average molecular weight is 286 g/mol. The van der Waals surface area contributed by atoms with E-state index in [0.29, 0.717) is 17.9 Å². The number of hydrogen-bond donors (Lipinski definition) is 1. The molecule has 0 saturated heterocycles. The van der Waals surface area contributed by atoms with Gasteiger partial charge in [-0.05, 0) is 55.1 Å². The molecule has 2 N–H and O–H groups in total. The van der Waals surface area contributed by atoms with Crippen LogP contribution in [0.4, 0.5) is 0 Å². The van der Waals surface area contributed by atoms with Crippen molar-refractivity contribution in [2.75, 3.05) is 6.54 Å². The molecule has 0 bridgehead atoms. The molecule has 0 aliphatic heterocycles. The van der Waals surface area contributed by atoms with Crippen molar-refractivity contribution < 1.29 is 0 Å². The molecular weight excluding hydrogens is 266 g/mol. The maximum absolute atomic E-state index is 5.86. The Morgan fingerprint density at radius 1 is 1.56 bits per heavy atom. The molecule has 0 amide bonds. The fourth-order valence-corrected chi connectivity index (χ4v) is 3.36. The molecule has 2 atom stereocenters. The van der Waals surface area contributed by atoms with Crippen LogP contribution in [-0.2, 0) is 0 Å². The van der Waals surface area contributed by atoms with Crippen molar-refractivity contribution in [1.82, 2.24) is 9.78 Å². The quantitative estimate of drug-likeness (QED) is 0.928. The largest absolute Gasteiger partial charge is 0.330 e. The van der Waals surface area contributed by atoms with Gasteiger partial charge in [-0.3, -0.25) is 4.68 Å². The van der Waals surface area contributed by atoms with E-state index in [9.17, 15) is 0 Å². The Morgan fingerprint density at radius 3 is 2.94 bits per heavy atom.